The molecule has 1 aliphatic heterocycles. The number of rotatable bonds is 12. The van der Waals surface area contributed by atoms with Crippen LogP contribution in [0.15, 0.2) is 82.8 Å². The van der Waals surface area contributed by atoms with Gasteiger partial charge < -0.3 is 15.4 Å². The second-order valence-corrected chi connectivity index (χ2v) is 13.3. The van der Waals surface area contributed by atoms with Crippen molar-refractivity contribution in [3.8, 4) is 11.4 Å². The number of sulfonamides is 1. The van der Waals surface area contributed by atoms with Gasteiger partial charge in [0.15, 0.2) is 11.0 Å². The third-order valence-corrected chi connectivity index (χ3v) is 9.98. The maximum Gasteiger partial charge on any atom is 0.416 e. The van der Waals surface area contributed by atoms with Gasteiger partial charge in [-0.1, -0.05) is 17.8 Å². The normalized spacial score (nSPS) is 13.8. The minimum atomic E-state index is -4.61. The van der Waals surface area contributed by atoms with Gasteiger partial charge in [-0.3, -0.25) is 14.2 Å². The molecule has 0 bridgehead atoms. The molecule has 0 saturated carbocycles. The summed E-state index contributed by atoms with van der Waals surface area (Å²) in [5.74, 6) is -0.319. The van der Waals surface area contributed by atoms with E-state index in [0.717, 1.165) is 36.7 Å². The number of carbonyl (C=O) groups is 2. The smallest absolute Gasteiger partial charge is 0.416 e. The Morgan fingerprint density at radius 3 is 2.34 bits per heavy atom. The van der Waals surface area contributed by atoms with Crippen LogP contribution >= 0.6 is 11.8 Å². The molecule has 0 spiro atoms. The van der Waals surface area contributed by atoms with E-state index >= 15 is 0 Å². The van der Waals surface area contributed by atoms with Crippen LogP contribution in [0.1, 0.15) is 41.5 Å². The highest BCUT2D eigenvalue weighted by atomic mass is 32.2. The lowest BCUT2D eigenvalue weighted by Crippen LogP contribution is -2.28. The van der Waals surface area contributed by atoms with E-state index in [0.29, 0.717) is 31.1 Å². The monoisotopic (exact) mass is 688 g/mol. The molecule has 16 heteroatoms. The number of hydrogen-bond acceptors (Lipinski definition) is 8. The Hall–Kier alpha value is -4.41. The van der Waals surface area contributed by atoms with Crippen LogP contribution in [0.4, 0.5) is 18.9 Å². The predicted octanol–water partition coefficient (Wildman–Crippen LogP) is 5.13. The fourth-order valence-electron chi connectivity index (χ4n) is 4.83. The van der Waals surface area contributed by atoms with E-state index in [4.69, 9.17) is 4.74 Å². The molecule has 0 radical (unpaired) electrons. The molecular formula is C31H31F3N6O5S2. The second kappa shape index (κ2) is 14.6. The van der Waals surface area contributed by atoms with Crippen LogP contribution in [-0.2, 0) is 27.5 Å². The van der Waals surface area contributed by atoms with Gasteiger partial charge in [-0.15, -0.1) is 10.2 Å². The number of amides is 2. The molecule has 0 aliphatic carbocycles. The number of nitrogens with zero attached hydrogens (tertiary/aromatic N) is 4. The van der Waals surface area contributed by atoms with Gasteiger partial charge in [0.25, 0.3) is 5.91 Å². The first-order valence-corrected chi connectivity index (χ1v) is 17.0. The number of hydrogen-bond donors (Lipinski definition) is 2. The first-order valence-electron chi connectivity index (χ1n) is 14.6. The van der Waals surface area contributed by atoms with E-state index in [-0.39, 0.29) is 45.3 Å². The van der Waals surface area contributed by atoms with Gasteiger partial charge in [0.05, 0.1) is 35.1 Å². The summed E-state index contributed by atoms with van der Waals surface area (Å²) < 4.78 is 74.5. The van der Waals surface area contributed by atoms with Crippen molar-refractivity contribution in [2.24, 2.45) is 0 Å². The molecule has 0 unspecified atom stereocenters. The Morgan fingerprint density at radius 2 is 1.68 bits per heavy atom. The molecule has 2 heterocycles. The lowest BCUT2D eigenvalue weighted by molar-refractivity contribution is -0.137. The van der Waals surface area contributed by atoms with Crippen LogP contribution in [0.3, 0.4) is 0 Å². The number of halogens is 3. The zero-order valence-corrected chi connectivity index (χ0v) is 26.8. The number of aromatic nitrogens is 3. The van der Waals surface area contributed by atoms with Crippen LogP contribution in [0, 0.1) is 0 Å². The molecule has 4 aromatic rings. The number of alkyl halides is 3. The van der Waals surface area contributed by atoms with E-state index in [1.54, 1.807) is 24.3 Å². The first kappa shape index (κ1) is 33.9. The molecular weight excluding hydrogens is 658 g/mol. The Labute approximate surface area is 273 Å². The predicted molar refractivity (Wildman–Crippen MR) is 169 cm³/mol. The van der Waals surface area contributed by atoms with Crippen LogP contribution < -0.4 is 15.4 Å². The van der Waals surface area contributed by atoms with Crippen LogP contribution in [0.2, 0.25) is 0 Å². The highest BCUT2D eigenvalue weighted by molar-refractivity contribution is 7.99. The van der Waals surface area contributed by atoms with E-state index in [1.807, 2.05) is 6.92 Å². The summed E-state index contributed by atoms with van der Waals surface area (Å²) in [6.45, 7) is 3.03. The maximum absolute atomic E-state index is 13.6. The SMILES string of the molecule is CCOc1ccc(NC(=O)CSc2nnc(CNC(=O)c3ccc(S(=O)(=O)N4CCCC4)cc3)n2-c2cccc(C(F)(F)F)c2)cc1. The van der Waals surface area contributed by atoms with Crippen LogP contribution in [-0.4, -0.2) is 64.8 Å². The van der Waals surface area contributed by atoms with E-state index < -0.39 is 27.7 Å². The number of nitrogens with one attached hydrogen (secondary N) is 2. The number of ether oxygens (including phenoxy) is 1. The molecule has 5 rings (SSSR count). The van der Waals surface area contributed by atoms with Crippen molar-refractivity contribution >= 4 is 39.3 Å². The Balaban J connectivity index is 1.31. The summed E-state index contributed by atoms with van der Waals surface area (Å²) in [5.41, 5.74) is -0.105. The minimum absolute atomic E-state index is 0.0773. The van der Waals surface area contributed by atoms with Crippen molar-refractivity contribution in [1.29, 1.82) is 0 Å². The Kier molecular flexibility index (Phi) is 10.5. The molecule has 2 amide bonds. The fraction of sp³-hybridized carbons (Fsp3) is 0.290. The van der Waals surface area contributed by atoms with Gasteiger partial charge in [-0.05, 0) is 86.5 Å². The van der Waals surface area contributed by atoms with Crippen molar-refractivity contribution in [3.63, 3.8) is 0 Å². The maximum atomic E-state index is 13.6. The van der Waals surface area contributed by atoms with Gasteiger partial charge in [0, 0.05) is 24.3 Å². The van der Waals surface area contributed by atoms with E-state index in [9.17, 15) is 31.2 Å². The standard InChI is InChI=1S/C31H31F3N6O5S2/c1-2-45-25-12-10-23(11-13-25)36-28(41)20-46-30-38-37-27(40(30)24-7-5-6-22(18-24)31(32,33)34)19-35-29(42)21-8-14-26(15-9-21)47(43,44)39-16-3-4-17-39/h5-15,18H,2-4,16-17,19-20H2,1H3,(H,35,42)(H,36,41). The van der Waals surface area contributed by atoms with Gasteiger partial charge in [0.2, 0.25) is 15.9 Å². The van der Waals surface area contributed by atoms with Gasteiger partial charge >= 0.3 is 6.18 Å². The van der Waals surface area contributed by atoms with Crippen LogP contribution in [0.25, 0.3) is 5.69 Å². The summed E-state index contributed by atoms with van der Waals surface area (Å²) >= 11 is 0.957. The zero-order chi connectivity index (χ0) is 33.6. The number of benzene rings is 3. The van der Waals surface area contributed by atoms with Crippen molar-refractivity contribution in [2.45, 2.75) is 42.5 Å². The lowest BCUT2D eigenvalue weighted by atomic mass is 10.2. The van der Waals surface area contributed by atoms with Gasteiger partial charge in [-0.25, -0.2) is 8.42 Å². The Morgan fingerprint density at radius 1 is 0.979 bits per heavy atom. The molecule has 0 atom stereocenters. The van der Waals surface area contributed by atoms with Crippen molar-refractivity contribution < 1.29 is 35.9 Å². The summed E-state index contributed by atoms with van der Waals surface area (Å²) in [6.07, 6.45) is -3.03. The number of carbonyl (C=O) groups excluding carboxylic acids is 2. The molecule has 2 N–H and O–H groups in total. The molecule has 1 aliphatic rings. The van der Waals surface area contributed by atoms with Gasteiger partial charge in [0.1, 0.15) is 5.75 Å². The highest BCUT2D eigenvalue weighted by Gasteiger charge is 2.31. The molecule has 47 heavy (non-hydrogen) atoms. The van der Waals surface area contributed by atoms with E-state index in [1.165, 1.54) is 45.3 Å². The lowest BCUT2D eigenvalue weighted by Gasteiger charge is -2.15. The summed E-state index contributed by atoms with van der Waals surface area (Å²) in [6, 6.07) is 16.8. The molecule has 11 nitrogen and oxygen atoms in total. The summed E-state index contributed by atoms with van der Waals surface area (Å²) in [4.78, 5) is 25.8. The summed E-state index contributed by atoms with van der Waals surface area (Å²) in [7, 11) is -3.65. The minimum Gasteiger partial charge on any atom is -0.494 e. The highest BCUT2D eigenvalue weighted by Crippen LogP contribution is 2.32. The van der Waals surface area contributed by atoms with Crippen molar-refractivity contribution in [2.75, 3.05) is 30.8 Å². The van der Waals surface area contributed by atoms with Crippen molar-refractivity contribution in [1.82, 2.24) is 24.4 Å². The average Bonchev–Trinajstić information content (AvgIpc) is 3.75. The largest absolute Gasteiger partial charge is 0.494 e. The zero-order valence-electron chi connectivity index (χ0n) is 25.2. The molecule has 1 aromatic heterocycles. The quantitative estimate of drug-likeness (QED) is 0.196. The van der Waals surface area contributed by atoms with Crippen molar-refractivity contribution in [3.05, 3.63) is 89.7 Å². The fourth-order valence-corrected chi connectivity index (χ4v) is 7.12. The third kappa shape index (κ3) is 8.31. The van der Waals surface area contributed by atoms with Crippen LogP contribution in [0.5, 0.6) is 5.75 Å². The Bertz CT molecular complexity index is 1830. The molecule has 1 saturated heterocycles. The summed E-state index contributed by atoms with van der Waals surface area (Å²) in [5, 5.41) is 13.7. The molecule has 248 valence electrons. The average molecular weight is 689 g/mol. The number of thioether (sulfide) groups is 1. The van der Waals surface area contributed by atoms with E-state index in [2.05, 4.69) is 20.8 Å². The molecule has 1 fully saturated rings. The topological polar surface area (TPSA) is 136 Å². The molecule has 3 aromatic carbocycles. The first-order chi connectivity index (χ1) is 22.5. The number of anilines is 1. The second-order valence-electron chi connectivity index (χ2n) is 10.4. The van der Waals surface area contributed by atoms with Gasteiger partial charge in [-0.2, -0.15) is 17.5 Å². The third-order valence-electron chi connectivity index (χ3n) is 7.14.